The molecule has 6 heteroatoms. The zero-order valence-corrected chi connectivity index (χ0v) is 14.1. The number of nitrogens with one attached hydrogen (secondary N) is 2. The standard InChI is InChI=1S/C17H24N4O2/c1-11(2)9-18-16(23)10-21-15-8-6-5-7-14(15)20-17(21)12(3)19-13(4)22/h5-8,11-12H,9-10H2,1-4H3,(H,18,23)(H,19,22). The van der Waals surface area contributed by atoms with E-state index in [1.807, 2.05) is 35.8 Å². The lowest BCUT2D eigenvalue weighted by Crippen LogP contribution is -2.32. The summed E-state index contributed by atoms with van der Waals surface area (Å²) in [4.78, 5) is 28.1. The summed E-state index contributed by atoms with van der Waals surface area (Å²) in [7, 11) is 0. The number of amides is 2. The quantitative estimate of drug-likeness (QED) is 0.856. The molecule has 2 rings (SSSR count). The van der Waals surface area contributed by atoms with Crippen molar-refractivity contribution >= 4 is 22.8 Å². The Morgan fingerprint density at radius 2 is 1.91 bits per heavy atom. The number of aromatic nitrogens is 2. The van der Waals surface area contributed by atoms with E-state index in [1.165, 1.54) is 6.92 Å². The second-order valence-corrected chi connectivity index (χ2v) is 6.16. The molecule has 0 fully saturated rings. The van der Waals surface area contributed by atoms with Crippen molar-refractivity contribution in [3.63, 3.8) is 0 Å². The van der Waals surface area contributed by atoms with Gasteiger partial charge in [0.05, 0.1) is 17.1 Å². The third-order valence-electron chi connectivity index (χ3n) is 3.50. The van der Waals surface area contributed by atoms with Crippen molar-refractivity contribution in [2.24, 2.45) is 5.92 Å². The summed E-state index contributed by atoms with van der Waals surface area (Å²) in [6.07, 6.45) is 0. The van der Waals surface area contributed by atoms with Gasteiger partial charge in [0.15, 0.2) is 0 Å². The molecular weight excluding hydrogens is 292 g/mol. The second-order valence-electron chi connectivity index (χ2n) is 6.16. The van der Waals surface area contributed by atoms with Gasteiger partial charge in [-0.2, -0.15) is 0 Å². The minimum atomic E-state index is -0.266. The highest BCUT2D eigenvalue weighted by atomic mass is 16.2. The third kappa shape index (κ3) is 4.31. The van der Waals surface area contributed by atoms with Crippen LogP contribution < -0.4 is 10.6 Å². The molecule has 1 atom stereocenters. The average Bonchev–Trinajstić information content (AvgIpc) is 2.83. The fourth-order valence-corrected chi connectivity index (χ4v) is 2.48. The van der Waals surface area contributed by atoms with Crippen molar-refractivity contribution in [3.05, 3.63) is 30.1 Å². The molecule has 1 unspecified atom stereocenters. The summed E-state index contributed by atoms with van der Waals surface area (Å²) in [6.45, 7) is 8.27. The van der Waals surface area contributed by atoms with Crippen molar-refractivity contribution in [1.82, 2.24) is 20.2 Å². The summed E-state index contributed by atoms with van der Waals surface area (Å²) in [5, 5.41) is 5.75. The maximum absolute atomic E-state index is 12.2. The first kappa shape index (κ1) is 17.0. The number of carbonyl (C=O) groups is 2. The Kier molecular flexibility index (Phi) is 5.36. The largest absolute Gasteiger partial charge is 0.354 e. The molecule has 0 saturated heterocycles. The van der Waals surface area contributed by atoms with Gasteiger partial charge in [0.1, 0.15) is 12.4 Å². The zero-order chi connectivity index (χ0) is 17.0. The van der Waals surface area contributed by atoms with Crippen LogP contribution in [0, 0.1) is 5.92 Å². The molecule has 124 valence electrons. The number of hydrogen-bond acceptors (Lipinski definition) is 3. The van der Waals surface area contributed by atoms with Gasteiger partial charge in [0.2, 0.25) is 11.8 Å². The average molecular weight is 316 g/mol. The Bertz CT molecular complexity index is 706. The summed E-state index contributed by atoms with van der Waals surface area (Å²) >= 11 is 0. The van der Waals surface area contributed by atoms with E-state index in [9.17, 15) is 9.59 Å². The highest BCUT2D eigenvalue weighted by Crippen LogP contribution is 2.20. The predicted molar refractivity (Wildman–Crippen MR) is 89.8 cm³/mol. The van der Waals surface area contributed by atoms with Gasteiger partial charge in [-0.1, -0.05) is 26.0 Å². The van der Waals surface area contributed by atoms with Crippen molar-refractivity contribution in [2.45, 2.75) is 40.3 Å². The van der Waals surface area contributed by atoms with E-state index in [-0.39, 0.29) is 24.4 Å². The normalized spacial score (nSPS) is 12.4. The Morgan fingerprint density at radius 1 is 1.22 bits per heavy atom. The Balaban J connectivity index is 2.31. The molecule has 2 amide bonds. The van der Waals surface area contributed by atoms with E-state index in [0.29, 0.717) is 18.3 Å². The topological polar surface area (TPSA) is 76.0 Å². The van der Waals surface area contributed by atoms with E-state index in [2.05, 4.69) is 29.5 Å². The molecule has 0 bridgehead atoms. The van der Waals surface area contributed by atoms with Crippen LogP contribution in [0.1, 0.15) is 39.6 Å². The lowest BCUT2D eigenvalue weighted by molar-refractivity contribution is -0.121. The van der Waals surface area contributed by atoms with Crippen molar-refractivity contribution in [2.75, 3.05) is 6.54 Å². The Labute approximate surface area is 136 Å². The van der Waals surface area contributed by atoms with E-state index in [1.54, 1.807) is 0 Å². The van der Waals surface area contributed by atoms with Crippen molar-refractivity contribution in [1.29, 1.82) is 0 Å². The highest BCUT2D eigenvalue weighted by molar-refractivity contribution is 5.81. The van der Waals surface area contributed by atoms with Crippen LogP contribution in [0.25, 0.3) is 11.0 Å². The van der Waals surface area contributed by atoms with Gasteiger partial charge in [-0.15, -0.1) is 0 Å². The molecule has 0 radical (unpaired) electrons. The number of imidazole rings is 1. The van der Waals surface area contributed by atoms with Crippen LogP contribution in [0.15, 0.2) is 24.3 Å². The van der Waals surface area contributed by atoms with Gasteiger partial charge in [-0.3, -0.25) is 9.59 Å². The lowest BCUT2D eigenvalue weighted by Gasteiger charge is -2.15. The zero-order valence-electron chi connectivity index (χ0n) is 14.1. The van der Waals surface area contributed by atoms with Crippen LogP contribution in [0.2, 0.25) is 0 Å². The summed E-state index contributed by atoms with van der Waals surface area (Å²) in [6, 6.07) is 7.40. The fourth-order valence-electron chi connectivity index (χ4n) is 2.48. The fraction of sp³-hybridized carbons (Fsp3) is 0.471. The second kappa shape index (κ2) is 7.26. The molecule has 0 aliphatic carbocycles. The van der Waals surface area contributed by atoms with Gasteiger partial charge in [-0.25, -0.2) is 4.98 Å². The molecule has 1 heterocycles. The molecule has 2 N–H and O–H groups in total. The van der Waals surface area contributed by atoms with Crippen LogP contribution in [0.5, 0.6) is 0 Å². The first-order valence-corrected chi connectivity index (χ1v) is 7.87. The minimum Gasteiger partial charge on any atom is -0.354 e. The number of hydrogen-bond donors (Lipinski definition) is 2. The van der Waals surface area contributed by atoms with Gasteiger partial charge in [0, 0.05) is 13.5 Å². The van der Waals surface area contributed by atoms with Gasteiger partial charge < -0.3 is 15.2 Å². The van der Waals surface area contributed by atoms with Crippen molar-refractivity contribution in [3.8, 4) is 0 Å². The molecule has 0 spiro atoms. The number of benzene rings is 1. The minimum absolute atomic E-state index is 0.0573. The molecule has 0 aliphatic heterocycles. The monoisotopic (exact) mass is 316 g/mol. The molecule has 2 aromatic rings. The van der Waals surface area contributed by atoms with E-state index >= 15 is 0 Å². The first-order chi connectivity index (χ1) is 10.9. The number of nitrogens with zero attached hydrogens (tertiary/aromatic N) is 2. The van der Waals surface area contributed by atoms with Crippen LogP contribution in [0.3, 0.4) is 0 Å². The Hall–Kier alpha value is -2.37. The Morgan fingerprint density at radius 3 is 2.57 bits per heavy atom. The molecule has 23 heavy (non-hydrogen) atoms. The SMILES string of the molecule is CC(=O)NC(C)c1nc2ccccc2n1CC(=O)NCC(C)C. The maximum atomic E-state index is 12.2. The van der Waals surface area contributed by atoms with E-state index < -0.39 is 0 Å². The van der Waals surface area contributed by atoms with Crippen molar-refractivity contribution < 1.29 is 9.59 Å². The lowest BCUT2D eigenvalue weighted by atomic mass is 10.2. The van der Waals surface area contributed by atoms with Crippen LogP contribution in [0.4, 0.5) is 0 Å². The predicted octanol–water partition coefficient (Wildman–Crippen LogP) is 2.01. The molecule has 0 aliphatic rings. The molecule has 0 saturated carbocycles. The van der Waals surface area contributed by atoms with Crippen LogP contribution >= 0.6 is 0 Å². The molecular formula is C17H24N4O2. The van der Waals surface area contributed by atoms with Gasteiger partial charge >= 0.3 is 0 Å². The number of fused-ring (bicyclic) bond motifs is 1. The molecule has 1 aromatic heterocycles. The van der Waals surface area contributed by atoms with E-state index in [4.69, 9.17) is 0 Å². The van der Waals surface area contributed by atoms with Gasteiger partial charge in [-0.05, 0) is 25.0 Å². The number of rotatable bonds is 6. The number of para-hydroxylation sites is 2. The van der Waals surface area contributed by atoms with Crippen LogP contribution in [-0.2, 0) is 16.1 Å². The smallest absolute Gasteiger partial charge is 0.240 e. The summed E-state index contributed by atoms with van der Waals surface area (Å²) < 4.78 is 1.87. The van der Waals surface area contributed by atoms with E-state index in [0.717, 1.165) is 11.0 Å². The number of carbonyl (C=O) groups excluding carboxylic acids is 2. The van der Waals surface area contributed by atoms with Gasteiger partial charge in [0.25, 0.3) is 0 Å². The summed E-state index contributed by atoms with van der Waals surface area (Å²) in [5.74, 6) is 0.899. The summed E-state index contributed by atoms with van der Waals surface area (Å²) in [5.41, 5.74) is 1.70. The first-order valence-electron chi connectivity index (χ1n) is 7.87. The maximum Gasteiger partial charge on any atom is 0.240 e. The molecule has 1 aromatic carbocycles. The molecule has 6 nitrogen and oxygen atoms in total. The van der Waals surface area contributed by atoms with Crippen LogP contribution in [-0.4, -0.2) is 27.9 Å². The third-order valence-corrected chi connectivity index (χ3v) is 3.50. The highest BCUT2D eigenvalue weighted by Gasteiger charge is 2.19.